The summed E-state index contributed by atoms with van der Waals surface area (Å²) in [6.45, 7) is 6.70. The maximum atomic E-state index is 13.4. The quantitative estimate of drug-likeness (QED) is 0.158. The molecular formula is C40H29NO2. The maximum absolute atomic E-state index is 13.4. The van der Waals surface area contributed by atoms with E-state index in [1.165, 1.54) is 22.4 Å². The predicted molar refractivity (Wildman–Crippen MR) is 176 cm³/mol. The highest BCUT2D eigenvalue weighted by molar-refractivity contribution is 6.42. The number of anilines is 3. The van der Waals surface area contributed by atoms with Gasteiger partial charge in [0.05, 0.1) is 16.9 Å². The molecule has 0 atom stereocenters. The molecule has 3 nitrogen and oxygen atoms in total. The third kappa shape index (κ3) is 3.74. The smallest absolute Gasteiger partial charge is 0.197 e. The number of allylic oxidation sites excluding steroid dienone is 1. The number of Topliss-reactive ketones (excluding diaryl/α,β-unsaturated/α-hetero) is 2. The lowest BCUT2D eigenvalue weighted by Gasteiger charge is -2.42. The summed E-state index contributed by atoms with van der Waals surface area (Å²) in [6, 6.07) is 39.5. The summed E-state index contributed by atoms with van der Waals surface area (Å²) < 4.78 is 0. The van der Waals surface area contributed by atoms with Crippen molar-refractivity contribution in [3.8, 4) is 0 Å². The second-order valence-electron chi connectivity index (χ2n) is 12.2. The van der Waals surface area contributed by atoms with Crippen LogP contribution in [0.25, 0.3) is 27.6 Å². The van der Waals surface area contributed by atoms with Crippen LogP contribution in [0.3, 0.4) is 0 Å². The minimum Gasteiger partial charge on any atom is -0.310 e. The van der Waals surface area contributed by atoms with Crippen LogP contribution in [0.5, 0.6) is 0 Å². The zero-order chi connectivity index (χ0) is 29.5. The van der Waals surface area contributed by atoms with E-state index in [9.17, 15) is 9.59 Å². The van der Waals surface area contributed by atoms with Gasteiger partial charge in [0, 0.05) is 22.2 Å². The van der Waals surface area contributed by atoms with Gasteiger partial charge in [-0.25, -0.2) is 0 Å². The molecular weight excluding hydrogens is 526 g/mol. The number of carbonyl (C=O) groups is 2. The number of rotatable bonds is 2. The summed E-state index contributed by atoms with van der Waals surface area (Å²) in [4.78, 5) is 29.2. The minimum absolute atomic E-state index is 0.206. The Hall–Kier alpha value is -5.28. The van der Waals surface area contributed by atoms with E-state index in [2.05, 4.69) is 98.5 Å². The van der Waals surface area contributed by atoms with Crippen LogP contribution >= 0.6 is 0 Å². The molecule has 8 rings (SSSR count). The van der Waals surface area contributed by atoms with Crippen LogP contribution in [-0.2, 0) is 5.41 Å². The fourth-order valence-electron chi connectivity index (χ4n) is 7.01. The Morgan fingerprint density at radius 3 is 1.98 bits per heavy atom. The molecule has 0 saturated heterocycles. The van der Waals surface area contributed by atoms with E-state index >= 15 is 0 Å². The predicted octanol–water partition coefficient (Wildman–Crippen LogP) is 9.87. The number of ketones is 2. The molecule has 6 aromatic rings. The van der Waals surface area contributed by atoms with Gasteiger partial charge in [-0.1, -0.05) is 92.2 Å². The normalized spacial score (nSPS) is 15.0. The van der Waals surface area contributed by atoms with Crippen molar-refractivity contribution in [2.45, 2.75) is 26.2 Å². The summed E-state index contributed by atoms with van der Waals surface area (Å²) in [5.74, 6) is -0.412. The average molecular weight is 556 g/mol. The first-order valence-electron chi connectivity index (χ1n) is 14.7. The highest BCUT2D eigenvalue weighted by atomic mass is 16.2. The number of hydrogen-bond donors (Lipinski definition) is 0. The average Bonchev–Trinajstić information content (AvgIpc) is 3.24. The van der Waals surface area contributed by atoms with E-state index in [4.69, 9.17) is 0 Å². The zero-order valence-electron chi connectivity index (χ0n) is 24.3. The van der Waals surface area contributed by atoms with Crippen molar-refractivity contribution in [3.05, 3.63) is 154 Å². The molecule has 206 valence electrons. The highest BCUT2D eigenvalue weighted by Gasteiger charge is 2.38. The Morgan fingerprint density at radius 2 is 1.28 bits per heavy atom. The van der Waals surface area contributed by atoms with Crippen molar-refractivity contribution in [2.75, 3.05) is 4.90 Å². The first kappa shape index (κ1) is 25.4. The van der Waals surface area contributed by atoms with Crippen LogP contribution < -0.4 is 4.90 Å². The van der Waals surface area contributed by atoms with E-state index in [0.29, 0.717) is 11.1 Å². The van der Waals surface area contributed by atoms with Crippen molar-refractivity contribution in [1.29, 1.82) is 0 Å². The highest BCUT2D eigenvalue weighted by Crippen LogP contribution is 2.53. The Labute approximate surface area is 250 Å². The van der Waals surface area contributed by atoms with Gasteiger partial charge in [0.2, 0.25) is 0 Å². The molecule has 0 spiro atoms. The first-order chi connectivity index (χ1) is 20.8. The van der Waals surface area contributed by atoms with E-state index in [1.54, 1.807) is 6.08 Å². The largest absolute Gasteiger partial charge is 0.310 e. The molecule has 1 aliphatic heterocycles. The monoisotopic (exact) mass is 555 g/mol. The van der Waals surface area contributed by atoms with Crippen molar-refractivity contribution in [3.63, 3.8) is 0 Å². The van der Waals surface area contributed by atoms with Gasteiger partial charge in [-0.05, 0) is 93.7 Å². The molecule has 0 saturated carbocycles. The van der Waals surface area contributed by atoms with Crippen molar-refractivity contribution >= 4 is 56.2 Å². The third-order valence-electron chi connectivity index (χ3n) is 9.17. The Morgan fingerprint density at radius 1 is 0.628 bits per heavy atom. The van der Waals surface area contributed by atoms with Crippen LogP contribution in [0.4, 0.5) is 17.1 Å². The third-order valence-corrected chi connectivity index (χ3v) is 9.17. The van der Waals surface area contributed by atoms with Crippen LogP contribution in [0.15, 0.2) is 121 Å². The number of aryl methyl sites for hydroxylation is 1. The van der Waals surface area contributed by atoms with Gasteiger partial charge >= 0.3 is 0 Å². The van der Waals surface area contributed by atoms with E-state index in [-0.39, 0.29) is 22.6 Å². The zero-order valence-corrected chi connectivity index (χ0v) is 24.3. The van der Waals surface area contributed by atoms with Gasteiger partial charge in [0.15, 0.2) is 11.6 Å². The van der Waals surface area contributed by atoms with Gasteiger partial charge in [0.1, 0.15) is 0 Å². The van der Waals surface area contributed by atoms with Crippen LogP contribution in [0.2, 0.25) is 0 Å². The van der Waals surface area contributed by atoms with Crippen LogP contribution in [0, 0.1) is 6.92 Å². The van der Waals surface area contributed by atoms with Crippen LogP contribution in [0.1, 0.15) is 56.8 Å². The summed E-state index contributed by atoms with van der Waals surface area (Å²) in [5, 5.41) is 4.16. The number of benzene rings is 6. The first-order valence-corrected chi connectivity index (χ1v) is 14.7. The number of fused-ring (bicyclic) bond motifs is 6. The van der Waals surface area contributed by atoms with E-state index in [0.717, 1.165) is 38.5 Å². The van der Waals surface area contributed by atoms with Gasteiger partial charge in [-0.3, -0.25) is 9.59 Å². The Kier molecular flexibility index (Phi) is 5.39. The molecule has 0 amide bonds. The van der Waals surface area contributed by atoms with Crippen molar-refractivity contribution in [1.82, 2.24) is 0 Å². The molecule has 0 unspecified atom stereocenters. The Bertz CT molecular complexity index is 2140. The summed E-state index contributed by atoms with van der Waals surface area (Å²) in [6.07, 6.45) is 1.76. The van der Waals surface area contributed by atoms with Gasteiger partial charge in [-0.15, -0.1) is 0 Å². The molecule has 6 aromatic carbocycles. The molecule has 1 heterocycles. The standard InChI is InChI=1S/C40H29NO2/c1-24-12-16-29(17-13-24)41-35-11-7-6-10-34(35)40(2,3)37-30-18-14-25(20-28(30)15-19-36(37)41)21-33-38(42)31-22-26-8-4-5-9-27(26)23-32(31)39(33)43/h4-23H,1-3H3. The van der Waals surface area contributed by atoms with Gasteiger partial charge < -0.3 is 4.90 Å². The van der Waals surface area contributed by atoms with Gasteiger partial charge in [0.25, 0.3) is 0 Å². The second kappa shape index (κ2) is 9.11. The second-order valence-corrected chi connectivity index (χ2v) is 12.2. The number of carbonyl (C=O) groups excluding carboxylic acids is 2. The molecule has 1 aliphatic carbocycles. The molecule has 2 aliphatic rings. The molecule has 0 fully saturated rings. The van der Waals surface area contributed by atoms with E-state index < -0.39 is 0 Å². The molecule has 0 N–H and O–H groups in total. The van der Waals surface area contributed by atoms with Crippen molar-refractivity contribution in [2.24, 2.45) is 0 Å². The molecule has 0 aromatic heterocycles. The topological polar surface area (TPSA) is 37.4 Å². The molecule has 0 bridgehead atoms. The fraction of sp³-hybridized carbons (Fsp3) is 0.100. The molecule has 43 heavy (non-hydrogen) atoms. The fourth-order valence-corrected chi connectivity index (χ4v) is 7.01. The van der Waals surface area contributed by atoms with Gasteiger partial charge in [-0.2, -0.15) is 0 Å². The van der Waals surface area contributed by atoms with E-state index in [1.807, 2.05) is 42.5 Å². The summed E-state index contributed by atoms with van der Waals surface area (Å²) in [5.41, 5.74) is 9.03. The Balaban J connectivity index is 1.26. The maximum Gasteiger partial charge on any atom is 0.197 e. The van der Waals surface area contributed by atoms with Crippen LogP contribution in [-0.4, -0.2) is 11.6 Å². The number of hydrogen-bond acceptors (Lipinski definition) is 3. The summed E-state index contributed by atoms with van der Waals surface area (Å²) in [7, 11) is 0. The number of nitrogens with zero attached hydrogens (tertiary/aromatic N) is 1. The summed E-state index contributed by atoms with van der Waals surface area (Å²) >= 11 is 0. The lowest BCUT2D eigenvalue weighted by molar-refractivity contribution is 0.0990. The lowest BCUT2D eigenvalue weighted by atomic mass is 9.71. The number of para-hydroxylation sites is 1. The SMILES string of the molecule is Cc1ccc(N2c3ccccc3C(C)(C)c3c2ccc2cc(C=C4C(=O)c5cc6ccccc6cc5C4=O)ccc32)cc1. The molecule has 3 heteroatoms. The molecule has 0 radical (unpaired) electrons. The minimum atomic E-state index is -0.242. The lowest BCUT2D eigenvalue weighted by Crippen LogP contribution is -2.30. The van der Waals surface area contributed by atoms with Crippen molar-refractivity contribution < 1.29 is 9.59 Å².